The van der Waals surface area contributed by atoms with Crippen LogP contribution in [0.25, 0.3) is 0 Å². The maximum Gasteiger partial charge on any atom is 0.242 e. The summed E-state index contributed by atoms with van der Waals surface area (Å²) in [5, 5.41) is 2.95. The second kappa shape index (κ2) is 10.8. The Morgan fingerprint density at radius 1 is 1.09 bits per heavy atom. The summed E-state index contributed by atoms with van der Waals surface area (Å²) in [6.07, 6.45) is 5.83. The largest absolute Gasteiger partial charge is 0.352 e. The van der Waals surface area contributed by atoms with E-state index in [2.05, 4.69) is 5.32 Å². The van der Waals surface area contributed by atoms with Crippen molar-refractivity contribution < 1.29 is 19.2 Å². The molecule has 2 aliphatic rings. The average molecular weight is 454 g/mol. The molecule has 1 aromatic carbocycles. The van der Waals surface area contributed by atoms with Gasteiger partial charge in [-0.2, -0.15) is 0 Å². The van der Waals surface area contributed by atoms with E-state index >= 15 is 0 Å². The highest BCUT2D eigenvalue weighted by atomic mass is 16.2. The van der Waals surface area contributed by atoms with Gasteiger partial charge in [0.15, 0.2) is 0 Å². The van der Waals surface area contributed by atoms with Gasteiger partial charge in [0, 0.05) is 25.6 Å². The second-order valence-corrected chi connectivity index (χ2v) is 9.18. The van der Waals surface area contributed by atoms with Crippen molar-refractivity contribution in [3.63, 3.8) is 0 Å². The van der Waals surface area contributed by atoms with Gasteiger partial charge in [-0.05, 0) is 51.2 Å². The van der Waals surface area contributed by atoms with Crippen molar-refractivity contribution in [2.24, 2.45) is 11.8 Å². The van der Waals surface area contributed by atoms with Crippen LogP contribution in [0.5, 0.6) is 0 Å². The Labute approximate surface area is 196 Å². The van der Waals surface area contributed by atoms with Gasteiger partial charge in [0.1, 0.15) is 6.04 Å². The highest BCUT2D eigenvalue weighted by Crippen LogP contribution is 2.35. The molecule has 3 rings (SSSR count). The molecule has 1 aliphatic heterocycles. The van der Waals surface area contributed by atoms with Crippen LogP contribution in [0.3, 0.4) is 0 Å². The first-order valence-electron chi connectivity index (χ1n) is 11.9. The van der Waals surface area contributed by atoms with Crippen molar-refractivity contribution in [3.05, 3.63) is 47.5 Å². The molecule has 0 spiro atoms. The Kier molecular flexibility index (Phi) is 8.06. The van der Waals surface area contributed by atoms with E-state index in [1.807, 2.05) is 57.2 Å². The van der Waals surface area contributed by atoms with Crippen molar-refractivity contribution in [3.8, 4) is 0 Å². The standard InChI is InChI=1S/C26H35N3O4/c1-5-18(3)27-24(31)19(4)29(16-20-11-7-6-10-17(20)2)23(30)14-15-28-25(32)21-12-8-9-13-22(21)26(28)33/h6-11,18-19,21-22H,5,12-16H2,1-4H3,(H,27,31)/t18-,19-,21-,22+/m0/s1. The molecule has 33 heavy (non-hydrogen) atoms. The predicted octanol–water partition coefficient (Wildman–Crippen LogP) is 2.97. The summed E-state index contributed by atoms with van der Waals surface area (Å²) in [7, 11) is 0. The van der Waals surface area contributed by atoms with Crippen molar-refractivity contribution in [2.75, 3.05) is 6.54 Å². The molecule has 1 heterocycles. The molecule has 1 aliphatic carbocycles. The molecule has 0 bridgehead atoms. The number of amides is 4. The van der Waals surface area contributed by atoms with E-state index in [1.54, 1.807) is 11.8 Å². The van der Waals surface area contributed by atoms with Crippen molar-refractivity contribution in [1.29, 1.82) is 0 Å². The lowest BCUT2D eigenvalue weighted by atomic mass is 9.85. The quantitative estimate of drug-likeness (QED) is 0.460. The zero-order chi connectivity index (χ0) is 24.1. The fourth-order valence-corrected chi connectivity index (χ4v) is 4.46. The van der Waals surface area contributed by atoms with Gasteiger partial charge in [-0.15, -0.1) is 0 Å². The number of imide groups is 1. The number of fused-ring (bicyclic) bond motifs is 1. The van der Waals surface area contributed by atoms with Gasteiger partial charge in [-0.1, -0.05) is 43.3 Å². The Bertz CT molecular complexity index is 915. The van der Waals surface area contributed by atoms with Crippen molar-refractivity contribution in [1.82, 2.24) is 15.1 Å². The Hall–Kier alpha value is -2.96. The molecule has 4 amide bonds. The van der Waals surface area contributed by atoms with E-state index in [0.717, 1.165) is 17.5 Å². The van der Waals surface area contributed by atoms with Crippen LogP contribution in [0, 0.1) is 18.8 Å². The highest BCUT2D eigenvalue weighted by Gasteiger charge is 2.47. The third-order valence-electron chi connectivity index (χ3n) is 6.92. The number of hydrogen-bond donors (Lipinski definition) is 1. The molecule has 1 fully saturated rings. The number of benzene rings is 1. The number of carbonyl (C=O) groups is 4. The molecule has 0 unspecified atom stereocenters. The summed E-state index contributed by atoms with van der Waals surface area (Å²) in [6, 6.07) is 7.09. The summed E-state index contributed by atoms with van der Waals surface area (Å²) in [6.45, 7) is 7.95. The highest BCUT2D eigenvalue weighted by molar-refractivity contribution is 6.05. The molecular formula is C26H35N3O4. The molecule has 0 saturated carbocycles. The minimum Gasteiger partial charge on any atom is -0.352 e. The Morgan fingerprint density at radius 3 is 2.27 bits per heavy atom. The van der Waals surface area contributed by atoms with Crippen LogP contribution in [-0.2, 0) is 25.7 Å². The second-order valence-electron chi connectivity index (χ2n) is 9.18. The summed E-state index contributed by atoms with van der Waals surface area (Å²) in [5.74, 6) is -1.44. The number of hydrogen-bond acceptors (Lipinski definition) is 4. The molecule has 0 radical (unpaired) electrons. The minimum atomic E-state index is -0.678. The maximum absolute atomic E-state index is 13.3. The minimum absolute atomic E-state index is 0.00280. The van der Waals surface area contributed by atoms with Gasteiger partial charge < -0.3 is 10.2 Å². The van der Waals surface area contributed by atoms with Crippen LogP contribution in [0.2, 0.25) is 0 Å². The molecular weight excluding hydrogens is 418 g/mol. The van der Waals surface area contributed by atoms with E-state index in [0.29, 0.717) is 12.8 Å². The average Bonchev–Trinajstić information content (AvgIpc) is 3.06. The summed E-state index contributed by atoms with van der Waals surface area (Å²) >= 11 is 0. The first-order chi connectivity index (χ1) is 15.7. The van der Waals surface area contributed by atoms with Gasteiger partial charge in [0.2, 0.25) is 23.6 Å². The number of nitrogens with one attached hydrogen (secondary N) is 1. The molecule has 4 atom stereocenters. The van der Waals surface area contributed by atoms with Crippen LogP contribution in [0.15, 0.2) is 36.4 Å². The van der Waals surface area contributed by atoms with Gasteiger partial charge >= 0.3 is 0 Å². The van der Waals surface area contributed by atoms with Gasteiger partial charge in [0.05, 0.1) is 11.8 Å². The summed E-state index contributed by atoms with van der Waals surface area (Å²) in [4.78, 5) is 54.5. The topological polar surface area (TPSA) is 86.8 Å². The molecule has 0 aromatic heterocycles. The lowest BCUT2D eigenvalue weighted by Gasteiger charge is -2.30. The fraction of sp³-hybridized carbons (Fsp3) is 0.538. The normalized spacial score (nSPS) is 21.5. The van der Waals surface area contributed by atoms with Crippen LogP contribution >= 0.6 is 0 Å². The van der Waals surface area contributed by atoms with Gasteiger partial charge in [-0.25, -0.2) is 0 Å². The van der Waals surface area contributed by atoms with Gasteiger partial charge in [0.25, 0.3) is 0 Å². The first-order valence-corrected chi connectivity index (χ1v) is 11.9. The number of carbonyl (C=O) groups excluding carboxylic acids is 4. The van der Waals surface area contributed by atoms with E-state index < -0.39 is 6.04 Å². The lowest BCUT2D eigenvalue weighted by molar-refractivity contribution is -0.143. The third-order valence-corrected chi connectivity index (χ3v) is 6.92. The Balaban J connectivity index is 1.73. The monoisotopic (exact) mass is 453 g/mol. The smallest absolute Gasteiger partial charge is 0.242 e. The molecule has 7 nitrogen and oxygen atoms in total. The van der Waals surface area contributed by atoms with Crippen molar-refractivity contribution in [2.45, 2.75) is 72.0 Å². The SMILES string of the molecule is CC[C@H](C)NC(=O)[C@H](C)N(Cc1ccccc1C)C(=O)CCN1C(=O)[C@H]2CC=CC[C@H]2C1=O. The first kappa shape index (κ1) is 24.7. The predicted molar refractivity (Wildman–Crippen MR) is 126 cm³/mol. The van der Waals surface area contributed by atoms with Crippen LogP contribution in [0.4, 0.5) is 0 Å². The maximum atomic E-state index is 13.3. The Morgan fingerprint density at radius 2 is 1.70 bits per heavy atom. The number of likely N-dealkylation sites (tertiary alicyclic amines) is 1. The van der Waals surface area contributed by atoms with Crippen LogP contribution in [-0.4, -0.2) is 52.1 Å². The third kappa shape index (κ3) is 5.52. The summed E-state index contributed by atoms with van der Waals surface area (Å²) < 4.78 is 0. The fourth-order valence-electron chi connectivity index (χ4n) is 4.46. The number of nitrogens with zero attached hydrogens (tertiary/aromatic N) is 2. The van der Waals surface area contributed by atoms with E-state index in [-0.39, 0.29) is 61.0 Å². The molecule has 1 N–H and O–H groups in total. The van der Waals surface area contributed by atoms with Crippen LogP contribution in [0.1, 0.15) is 57.6 Å². The number of allylic oxidation sites excluding steroid dienone is 2. The zero-order valence-corrected chi connectivity index (χ0v) is 20.0. The van der Waals surface area contributed by atoms with Crippen molar-refractivity contribution >= 4 is 23.6 Å². The molecule has 1 aromatic rings. The number of rotatable bonds is 9. The molecule has 7 heteroatoms. The van der Waals surface area contributed by atoms with Gasteiger partial charge in [-0.3, -0.25) is 24.1 Å². The van der Waals surface area contributed by atoms with E-state index in [1.165, 1.54) is 4.90 Å². The molecule has 1 saturated heterocycles. The van der Waals surface area contributed by atoms with E-state index in [9.17, 15) is 19.2 Å². The lowest BCUT2D eigenvalue weighted by Crippen LogP contribution is -2.50. The zero-order valence-electron chi connectivity index (χ0n) is 20.0. The molecule has 178 valence electrons. The number of aryl methyl sites for hydroxylation is 1. The van der Waals surface area contributed by atoms with E-state index in [4.69, 9.17) is 0 Å². The summed E-state index contributed by atoms with van der Waals surface area (Å²) in [5.41, 5.74) is 1.99. The van der Waals surface area contributed by atoms with Crippen LogP contribution < -0.4 is 5.32 Å².